The molecule has 0 unspecified atom stereocenters. The van der Waals surface area contributed by atoms with E-state index in [0.717, 1.165) is 22.0 Å². The molecule has 0 atom stereocenters. The van der Waals surface area contributed by atoms with Crippen molar-refractivity contribution in [2.45, 2.75) is 39.9 Å². The van der Waals surface area contributed by atoms with E-state index >= 15 is 0 Å². The van der Waals surface area contributed by atoms with Crippen LogP contribution in [0.3, 0.4) is 0 Å². The van der Waals surface area contributed by atoms with Crippen LogP contribution in [0, 0.1) is 20.0 Å². The van der Waals surface area contributed by atoms with Crippen molar-refractivity contribution in [3.63, 3.8) is 0 Å². The summed E-state index contributed by atoms with van der Waals surface area (Å²) < 4.78 is 155. The lowest BCUT2D eigenvalue weighted by Gasteiger charge is -2.26. The fourth-order valence-electron chi connectivity index (χ4n) is 9.44. The van der Waals surface area contributed by atoms with Gasteiger partial charge in [-0.25, -0.2) is 4.98 Å². The minimum atomic E-state index is -2.75. The topological polar surface area (TPSA) is 29.9 Å². The molecule has 5 heteroatoms. The van der Waals surface area contributed by atoms with Gasteiger partial charge in [-0.15, -0.1) is 0 Å². The molecule has 0 radical (unpaired) electrons. The quantitative estimate of drug-likeness (QED) is 0.107. The van der Waals surface area contributed by atoms with Crippen LogP contribution in [0.15, 0.2) is 230 Å². The summed E-state index contributed by atoms with van der Waals surface area (Å²) in [6.07, 6.45) is 4.74. The van der Waals surface area contributed by atoms with E-state index in [1.807, 2.05) is 135 Å². The van der Waals surface area contributed by atoms with Gasteiger partial charge in [-0.05, 0) is 124 Å². The van der Waals surface area contributed by atoms with Crippen LogP contribution >= 0.6 is 0 Å². The summed E-state index contributed by atoms with van der Waals surface area (Å²) in [6, 6.07) is 41.9. The molecule has 0 aliphatic carbocycles. The lowest BCUT2D eigenvalue weighted by atomic mass is 9.84. The number of pyridine rings is 1. The first-order valence-electron chi connectivity index (χ1n) is 31.6. The van der Waals surface area contributed by atoms with Crippen molar-refractivity contribution in [3.05, 3.63) is 253 Å². The van der Waals surface area contributed by atoms with E-state index in [2.05, 4.69) is 11.2 Å². The summed E-state index contributed by atoms with van der Waals surface area (Å²) in [4.78, 5) is 6.87. The SMILES string of the molecule is [2H]c1cc(C(C)(C)C)cc(C([2H])([2H])[2H])c1-c1cc(-n2c3ccccc3c3ccc(N(c4ccccc4)c4cccc(-n5[c-][n+](-c6c(-c7c([2H])c([2H])c([2H])c([2H])c7[2H])cccc6-c6c([2H])c([2H])c([2H])c([2H])c6[2H])c6ccccc65)c4)cc32)ncc1C([2H])([2H])[2H]. The zero-order valence-corrected chi connectivity index (χ0v) is 38.8. The standard InChI is InChI=1S/C66H53N5/c1-45-39-49(66(3,4)5)35-37-54(45)59-42-64(67-43-46(59)2)71-60-32-16-15-29-57(60)58-38-36-53(41-63(58)71)70(50-25-13-8-14-26-50)52-28-19-27-51(40-52)68-44-69(62-34-18-17-33-61(62)68)65-55(47-21-9-6-10-22-47)30-20-31-56(65)48-23-11-7-12-24-48/h6-43H,1-5H3/i1D3,2D3,6D,7D,9D,10D,11D,12D,21D,22D,23D,24D,37D. The predicted molar refractivity (Wildman–Crippen MR) is 295 cm³/mol. The Morgan fingerprint density at radius 1 is 0.535 bits per heavy atom. The van der Waals surface area contributed by atoms with Crippen molar-refractivity contribution < 1.29 is 27.9 Å². The third kappa shape index (κ3) is 7.76. The second-order valence-electron chi connectivity index (χ2n) is 18.2. The van der Waals surface area contributed by atoms with Gasteiger partial charge in [0.1, 0.15) is 5.82 Å². The van der Waals surface area contributed by atoms with Crippen LogP contribution in [0.5, 0.6) is 0 Å². The number of aryl methyl sites for hydroxylation is 2. The van der Waals surface area contributed by atoms with E-state index < -0.39 is 79.5 Å². The Bertz CT molecular complexity index is 4700. The Morgan fingerprint density at radius 3 is 1.92 bits per heavy atom. The molecular formula is C66H53N5. The van der Waals surface area contributed by atoms with Crippen molar-refractivity contribution in [2.75, 3.05) is 4.90 Å². The maximum atomic E-state index is 9.37. The number of nitrogens with zero attached hydrogens (tertiary/aromatic N) is 5. The van der Waals surface area contributed by atoms with Gasteiger partial charge in [-0.3, -0.25) is 13.7 Å². The molecule has 0 spiro atoms. The van der Waals surface area contributed by atoms with Crippen LogP contribution in [0.1, 0.15) is 60.8 Å². The molecule has 12 aromatic rings. The minimum absolute atomic E-state index is 0.0228. The highest BCUT2D eigenvalue weighted by molar-refractivity contribution is 6.10. The minimum Gasteiger partial charge on any atom is -0.311 e. The number of anilines is 3. The van der Waals surface area contributed by atoms with Gasteiger partial charge < -0.3 is 4.90 Å². The van der Waals surface area contributed by atoms with E-state index in [9.17, 15) is 1.37 Å². The highest BCUT2D eigenvalue weighted by Crippen LogP contribution is 2.42. The molecule has 12 rings (SSSR count). The van der Waals surface area contributed by atoms with E-state index in [0.29, 0.717) is 39.2 Å². The molecule has 3 heterocycles. The molecule has 0 bridgehead atoms. The van der Waals surface area contributed by atoms with Crippen molar-refractivity contribution in [1.82, 2.24) is 14.1 Å². The molecule has 0 amide bonds. The molecule has 5 nitrogen and oxygen atoms in total. The Morgan fingerprint density at radius 2 is 1.18 bits per heavy atom. The molecule has 0 N–H and O–H groups in total. The number of hydrogen-bond donors (Lipinski definition) is 0. The van der Waals surface area contributed by atoms with Crippen LogP contribution in [0.4, 0.5) is 17.1 Å². The molecule has 0 saturated carbocycles. The maximum absolute atomic E-state index is 9.37. The number of para-hydroxylation sites is 5. The highest BCUT2D eigenvalue weighted by atomic mass is 15.2. The van der Waals surface area contributed by atoms with E-state index in [1.165, 1.54) is 6.20 Å². The Balaban J connectivity index is 1.07. The van der Waals surface area contributed by atoms with Gasteiger partial charge in [0.2, 0.25) is 0 Å². The summed E-state index contributed by atoms with van der Waals surface area (Å²) in [5.41, 5.74) is 4.93. The first kappa shape index (κ1) is 28.6. The van der Waals surface area contributed by atoms with Crippen LogP contribution in [0.25, 0.3) is 83.4 Å². The molecular weight excluding hydrogens is 863 g/mol. The summed E-state index contributed by atoms with van der Waals surface area (Å²) in [6.45, 7) is 0.288. The number of imidazole rings is 1. The molecule has 0 aliphatic rings. The molecule has 71 heavy (non-hydrogen) atoms. The molecule has 9 aromatic carbocycles. The second-order valence-corrected chi connectivity index (χ2v) is 18.2. The van der Waals surface area contributed by atoms with Gasteiger partial charge in [-0.2, -0.15) is 0 Å². The fraction of sp³-hybridized carbons (Fsp3) is 0.0909. The summed E-state index contributed by atoms with van der Waals surface area (Å²) in [7, 11) is 0. The Kier molecular flexibility index (Phi) is 7.11. The summed E-state index contributed by atoms with van der Waals surface area (Å²) in [5.74, 6) is 0.279. The number of fused-ring (bicyclic) bond motifs is 4. The predicted octanol–water partition coefficient (Wildman–Crippen LogP) is 16.6. The lowest BCUT2D eigenvalue weighted by Crippen LogP contribution is -2.31. The second kappa shape index (κ2) is 17.6. The number of rotatable bonds is 9. The largest absolute Gasteiger partial charge is 0.311 e. The Labute approximate surface area is 439 Å². The molecule has 3 aromatic heterocycles. The van der Waals surface area contributed by atoms with Gasteiger partial charge in [0.25, 0.3) is 6.33 Å². The van der Waals surface area contributed by atoms with Gasteiger partial charge in [0.05, 0.1) is 48.5 Å². The third-order valence-electron chi connectivity index (χ3n) is 12.8. The maximum Gasteiger partial charge on any atom is 0.269 e. The van der Waals surface area contributed by atoms with Gasteiger partial charge in [-0.1, -0.05) is 190 Å². The molecule has 0 saturated heterocycles. The van der Waals surface area contributed by atoms with Gasteiger partial charge in [0, 0.05) is 42.3 Å². The number of hydrogen-bond acceptors (Lipinski definition) is 2. The average Bonchev–Trinajstić information content (AvgIpc) is 1.42. The zero-order valence-electron chi connectivity index (χ0n) is 55.8. The monoisotopic (exact) mass is 933 g/mol. The van der Waals surface area contributed by atoms with Crippen LogP contribution < -0.4 is 9.47 Å². The van der Waals surface area contributed by atoms with Gasteiger partial charge in [0.15, 0.2) is 0 Å². The first-order chi connectivity index (χ1) is 41.7. The zero-order chi connectivity index (χ0) is 62.8. The van der Waals surface area contributed by atoms with Crippen LogP contribution in [0.2, 0.25) is 0 Å². The van der Waals surface area contributed by atoms with E-state index in [4.69, 9.17) is 26.9 Å². The molecule has 342 valence electrons. The average molecular weight is 933 g/mol. The lowest BCUT2D eigenvalue weighted by molar-refractivity contribution is -0.571. The van der Waals surface area contributed by atoms with E-state index in [-0.39, 0.29) is 62.1 Å². The summed E-state index contributed by atoms with van der Waals surface area (Å²) >= 11 is 0. The Hall–Kier alpha value is -8.80. The molecule has 0 aliphatic heterocycles. The van der Waals surface area contributed by atoms with E-state index in [1.54, 1.807) is 57.7 Å². The molecule has 0 fully saturated rings. The highest BCUT2D eigenvalue weighted by Gasteiger charge is 2.23. The van der Waals surface area contributed by atoms with Crippen LogP contribution in [-0.4, -0.2) is 14.1 Å². The van der Waals surface area contributed by atoms with Crippen LogP contribution in [-0.2, 0) is 5.41 Å². The summed E-state index contributed by atoms with van der Waals surface area (Å²) in [5, 5.41) is 1.68. The number of aromatic nitrogens is 4. The normalized spacial score (nSPS) is 15.5. The van der Waals surface area contributed by atoms with Crippen molar-refractivity contribution >= 4 is 49.9 Å². The smallest absolute Gasteiger partial charge is 0.269 e. The van der Waals surface area contributed by atoms with Gasteiger partial charge >= 0.3 is 0 Å². The number of benzene rings is 9. The van der Waals surface area contributed by atoms with Crippen molar-refractivity contribution in [1.29, 1.82) is 0 Å². The fourth-order valence-corrected chi connectivity index (χ4v) is 9.44. The van der Waals surface area contributed by atoms with Crippen molar-refractivity contribution in [3.8, 4) is 50.6 Å². The first-order valence-corrected chi connectivity index (χ1v) is 23.1. The third-order valence-corrected chi connectivity index (χ3v) is 12.8. The van der Waals surface area contributed by atoms with Crippen molar-refractivity contribution in [2.24, 2.45) is 0 Å².